The molecule has 0 fully saturated rings. The highest BCUT2D eigenvalue weighted by atomic mass is 16.4. The van der Waals surface area contributed by atoms with E-state index in [4.69, 9.17) is 10.3 Å². The zero-order chi connectivity index (χ0) is 10.6. The van der Waals surface area contributed by atoms with Gasteiger partial charge in [0.1, 0.15) is 11.9 Å². The SMILES string of the molecule is O=C(O)c1ccc(C(=O)/C=N/O)nc1. The lowest BCUT2D eigenvalue weighted by Gasteiger charge is -1.95. The Labute approximate surface area is 78.5 Å². The van der Waals surface area contributed by atoms with Crippen LogP contribution in [0.25, 0.3) is 0 Å². The van der Waals surface area contributed by atoms with E-state index in [-0.39, 0.29) is 11.3 Å². The molecule has 1 rings (SSSR count). The Kier molecular flexibility index (Phi) is 2.90. The Balaban J connectivity index is 2.94. The molecule has 14 heavy (non-hydrogen) atoms. The van der Waals surface area contributed by atoms with E-state index in [1.54, 1.807) is 0 Å². The molecule has 6 nitrogen and oxygen atoms in total. The van der Waals surface area contributed by atoms with Gasteiger partial charge in [-0.2, -0.15) is 0 Å². The Hall–Kier alpha value is -2.24. The first kappa shape index (κ1) is 9.85. The number of nitrogens with zero attached hydrogens (tertiary/aromatic N) is 2. The number of aromatic carboxylic acids is 1. The number of rotatable bonds is 3. The molecule has 0 saturated carbocycles. The Morgan fingerprint density at radius 2 is 2.14 bits per heavy atom. The molecule has 1 aromatic rings. The molecule has 0 bridgehead atoms. The van der Waals surface area contributed by atoms with Gasteiger partial charge >= 0.3 is 5.97 Å². The second-order valence-electron chi connectivity index (χ2n) is 2.35. The zero-order valence-corrected chi connectivity index (χ0v) is 6.91. The molecular weight excluding hydrogens is 188 g/mol. The Bertz CT molecular complexity index is 383. The van der Waals surface area contributed by atoms with E-state index in [1.165, 1.54) is 12.1 Å². The lowest BCUT2D eigenvalue weighted by Crippen LogP contribution is -2.05. The number of ketones is 1. The lowest BCUT2D eigenvalue weighted by molar-refractivity contribution is 0.0696. The molecule has 1 heterocycles. The van der Waals surface area contributed by atoms with E-state index in [0.717, 1.165) is 6.20 Å². The van der Waals surface area contributed by atoms with Gasteiger partial charge in [0, 0.05) is 6.20 Å². The molecule has 0 atom stereocenters. The predicted octanol–water partition coefficient (Wildman–Crippen LogP) is 0.422. The Morgan fingerprint density at radius 3 is 2.57 bits per heavy atom. The van der Waals surface area contributed by atoms with Crippen LogP contribution in [-0.2, 0) is 0 Å². The minimum atomic E-state index is -1.12. The number of Topliss-reactive ketones (excluding diaryl/α,β-unsaturated/α-hetero) is 1. The zero-order valence-electron chi connectivity index (χ0n) is 6.91. The summed E-state index contributed by atoms with van der Waals surface area (Å²) in [6.07, 6.45) is 1.74. The van der Waals surface area contributed by atoms with Crippen LogP contribution < -0.4 is 0 Å². The van der Waals surface area contributed by atoms with Crippen LogP contribution in [0.1, 0.15) is 20.8 Å². The molecule has 0 aromatic carbocycles. The van der Waals surface area contributed by atoms with E-state index in [2.05, 4.69) is 10.1 Å². The van der Waals surface area contributed by atoms with Gasteiger partial charge in [-0.05, 0) is 12.1 Å². The van der Waals surface area contributed by atoms with Crippen molar-refractivity contribution in [2.75, 3.05) is 0 Å². The van der Waals surface area contributed by atoms with Crippen molar-refractivity contribution in [1.29, 1.82) is 0 Å². The third-order valence-electron chi connectivity index (χ3n) is 1.44. The normalized spacial score (nSPS) is 10.3. The first-order valence-corrected chi connectivity index (χ1v) is 3.56. The van der Waals surface area contributed by atoms with Gasteiger partial charge in [-0.25, -0.2) is 4.79 Å². The largest absolute Gasteiger partial charge is 0.478 e. The number of hydrogen-bond acceptors (Lipinski definition) is 5. The van der Waals surface area contributed by atoms with Gasteiger partial charge in [0.25, 0.3) is 0 Å². The monoisotopic (exact) mass is 194 g/mol. The second-order valence-corrected chi connectivity index (χ2v) is 2.35. The van der Waals surface area contributed by atoms with Crippen molar-refractivity contribution in [3.05, 3.63) is 29.6 Å². The summed E-state index contributed by atoms with van der Waals surface area (Å²) in [5.74, 6) is -1.71. The van der Waals surface area contributed by atoms with Gasteiger partial charge in [0.05, 0.1) is 5.56 Å². The van der Waals surface area contributed by atoms with Crippen LogP contribution in [0.5, 0.6) is 0 Å². The number of hydrogen-bond donors (Lipinski definition) is 2. The van der Waals surface area contributed by atoms with Gasteiger partial charge in [-0.15, -0.1) is 0 Å². The van der Waals surface area contributed by atoms with E-state index in [1.807, 2.05) is 0 Å². The number of aromatic nitrogens is 1. The van der Waals surface area contributed by atoms with E-state index in [9.17, 15) is 9.59 Å². The maximum absolute atomic E-state index is 11.0. The van der Waals surface area contributed by atoms with E-state index in [0.29, 0.717) is 6.21 Å². The van der Waals surface area contributed by atoms with Gasteiger partial charge < -0.3 is 10.3 Å². The van der Waals surface area contributed by atoms with E-state index < -0.39 is 11.8 Å². The summed E-state index contributed by atoms with van der Waals surface area (Å²) in [6.45, 7) is 0. The summed E-state index contributed by atoms with van der Waals surface area (Å²) in [7, 11) is 0. The first-order chi connectivity index (χ1) is 6.65. The number of carboxylic acids is 1. The molecule has 0 aliphatic carbocycles. The molecule has 72 valence electrons. The summed E-state index contributed by atoms with van der Waals surface area (Å²) in [5, 5.41) is 19.1. The van der Waals surface area contributed by atoms with E-state index >= 15 is 0 Å². The smallest absolute Gasteiger partial charge is 0.337 e. The topological polar surface area (TPSA) is 99.8 Å². The van der Waals surface area contributed by atoms with Crippen molar-refractivity contribution in [3.8, 4) is 0 Å². The summed E-state index contributed by atoms with van der Waals surface area (Å²) < 4.78 is 0. The minimum absolute atomic E-state index is 0.0116. The molecule has 0 unspecified atom stereocenters. The third-order valence-corrected chi connectivity index (χ3v) is 1.44. The second kappa shape index (κ2) is 4.13. The molecule has 2 N–H and O–H groups in total. The van der Waals surface area contributed by atoms with Crippen LogP contribution in [0.15, 0.2) is 23.5 Å². The minimum Gasteiger partial charge on any atom is -0.478 e. The van der Waals surface area contributed by atoms with Crippen LogP contribution in [0, 0.1) is 0 Å². The highest BCUT2D eigenvalue weighted by Gasteiger charge is 2.07. The van der Waals surface area contributed by atoms with Crippen LogP contribution in [0.3, 0.4) is 0 Å². The first-order valence-electron chi connectivity index (χ1n) is 3.56. The quantitative estimate of drug-likeness (QED) is 0.314. The van der Waals surface area contributed by atoms with Crippen LogP contribution in [-0.4, -0.2) is 33.3 Å². The number of carboxylic acid groups (broad SMARTS) is 1. The average Bonchev–Trinajstić information content (AvgIpc) is 2.18. The van der Waals surface area contributed by atoms with Gasteiger partial charge in [-0.1, -0.05) is 5.16 Å². The Morgan fingerprint density at radius 1 is 1.43 bits per heavy atom. The molecule has 0 spiro atoms. The molecule has 0 amide bonds. The number of carbonyl (C=O) groups is 2. The summed E-state index contributed by atoms with van der Waals surface area (Å²) >= 11 is 0. The van der Waals surface area contributed by atoms with Gasteiger partial charge in [0.2, 0.25) is 5.78 Å². The maximum Gasteiger partial charge on any atom is 0.337 e. The molecular formula is C8H6N2O4. The molecule has 0 radical (unpaired) electrons. The highest BCUT2D eigenvalue weighted by Crippen LogP contribution is 2.00. The van der Waals surface area contributed by atoms with Crippen molar-refractivity contribution in [3.63, 3.8) is 0 Å². The molecule has 6 heteroatoms. The van der Waals surface area contributed by atoms with Crippen LogP contribution >= 0.6 is 0 Å². The standard InChI is InChI=1S/C8H6N2O4/c11-7(4-10-14)6-2-1-5(3-9-6)8(12)13/h1-4,14H,(H,12,13)/b10-4+. The fourth-order valence-electron chi connectivity index (χ4n) is 0.785. The summed E-state index contributed by atoms with van der Waals surface area (Å²) in [5.41, 5.74) is 0.00953. The van der Waals surface area contributed by atoms with Crippen molar-refractivity contribution in [2.45, 2.75) is 0 Å². The van der Waals surface area contributed by atoms with Crippen molar-refractivity contribution in [2.24, 2.45) is 5.16 Å². The fraction of sp³-hybridized carbons (Fsp3) is 0. The van der Waals surface area contributed by atoms with Gasteiger partial charge in [-0.3, -0.25) is 9.78 Å². The number of oxime groups is 1. The summed E-state index contributed by atoms with van der Waals surface area (Å²) in [4.78, 5) is 25.0. The highest BCUT2D eigenvalue weighted by molar-refractivity contribution is 6.34. The predicted molar refractivity (Wildman–Crippen MR) is 45.8 cm³/mol. The molecule has 0 saturated heterocycles. The molecule has 0 aliphatic heterocycles. The van der Waals surface area contributed by atoms with Crippen LogP contribution in [0.4, 0.5) is 0 Å². The fourth-order valence-corrected chi connectivity index (χ4v) is 0.785. The molecule has 0 aliphatic rings. The number of pyridine rings is 1. The number of carbonyl (C=O) groups excluding carboxylic acids is 1. The van der Waals surface area contributed by atoms with Crippen molar-refractivity contribution >= 4 is 18.0 Å². The molecule has 1 aromatic heterocycles. The maximum atomic E-state index is 11.0. The van der Waals surface area contributed by atoms with Crippen LogP contribution in [0.2, 0.25) is 0 Å². The third kappa shape index (κ3) is 2.13. The average molecular weight is 194 g/mol. The lowest BCUT2D eigenvalue weighted by atomic mass is 10.2. The summed E-state index contributed by atoms with van der Waals surface area (Å²) in [6, 6.07) is 2.49. The van der Waals surface area contributed by atoms with Gasteiger partial charge in [0.15, 0.2) is 0 Å². The van der Waals surface area contributed by atoms with Crippen molar-refractivity contribution < 1.29 is 19.9 Å². The van der Waals surface area contributed by atoms with Crippen molar-refractivity contribution in [1.82, 2.24) is 4.98 Å².